The summed E-state index contributed by atoms with van der Waals surface area (Å²) in [6.07, 6.45) is 2.21. The molecule has 6 rings (SSSR count). The summed E-state index contributed by atoms with van der Waals surface area (Å²) in [6, 6.07) is 39.3. The normalized spacial score (nSPS) is 11.3. The third-order valence-corrected chi connectivity index (χ3v) is 8.17. The maximum atomic E-state index is 13.2. The van der Waals surface area contributed by atoms with Crippen molar-refractivity contribution in [3.63, 3.8) is 0 Å². The number of benzene rings is 5. The molecule has 1 heterocycles. The number of unbranched alkanes of at least 4 members (excludes halogenated alkanes) is 1. The van der Waals surface area contributed by atoms with Crippen molar-refractivity contribution in [2.24, 2.45) is 0 Å². The fourth-order valence-corrected chi connectivity index (χ4v) is 5.73. The Bertz CT molecular complexity index is 2060. The molecule has 0 atom stereocenters. The van der Waals surface area contributed by atoms with Gasteiger partial charge in [-0.05, 0) is 85.8 Å². The van der Waals surface area contributed by atoms with Crippen LogP contribution in [0.25, 0.3) is 33.3 Å². The molecule has 0 saturated heterocycles. The Morgan fingerprint density at radius 3 is 2.16 bits per heavy atom. The number of hydrogen-bond acceptors (Lipinski definition) is 5. The first-order valence-corrected chi connectivity index (χ1v) is 16.7. The summed E-state index contributed by atoms with van der Waals surface area (Å²) in [7, 11) is 0. The molecule has 0 unspecified atom stereocenters. The molecular formula is C42H41N3O4. The molecule has 1 N–H and O–H groups in total. The van der Waals surface area contributed by atoms with Crippen LogP contribution in [-0.2, 0) is 17.7 Å². The van der Waals surface area contributed by atoms with Crippen molar-refractivity contribution in [2.75, 3.05) is 5.32 Å². The lowest BCUT2D eigenvalue weighted by Gasteiger charge is -2.19. The van der Waals surface area contributed by atoms with Crippen molar-refractivity contribution in [3.8, 4) is 28.0 Å². The Morgan fingerprint density at radius 2 is 1.45 bits per heavy atom. The molecule has 0 radical (unpaired) electrons. The zero-order valence-electron chi connectivity index (χ0n) is 28.4. The Kier molecular flexibility index (Phi) is 9.90. The quantitative estimate of drug-likeness (QED) is 0.118. The van der Waals surface area contributed by atoms with E-state index in [1.807, 2.05) is 91.0 Å². The standard InChI is InChI=1S/C42H41N3O4/c1-5-6-16-39-44-36-26-25-34(43-40(46)33-23-21-31(22-24-33)30-12-8-7-9-13-30)27-37(36)45(39)28-29-17-19-32(20-18-29)35-14-10-11-15-38(35)48-41(47)49-42(2,3)4/h7-15,17-27H,5-6,16,28H2,1-4H3,(H,43,46). The Morgan fingerprint density at radius 1 is 0.776 bits per heavy atom. The molecule has 7 heteroatoms. The number of rotatable bonds is 10. The Hall–Kier alpha value is -5.69. The van der Waals surface area contributed by atoms with Crippen molar-refractivity contribution in [2.45, 2.75) is 59.1 Å². The lowest BCUT2D eigenvalue weighted by Crippen LogP contribution is -2.26. The molecular weight excluding hydrogens is 610 g/mol. The van der Waals surface area contributed by atoms with Gasteiger partial charge in [0.2, 0.25) is 0 Å². The van der Waals surface area contributed by atoms with Gasteiger partial charge in [-0.15, -0.1) is 0 Å². The SMILES string of the molecule is CCCCc1nc2ccc(NC(=O)c3ccc(-c4ccccc4)cc3)cc2n1Cc1ccc(-c2ccccc2OC(=O)OC(C)(C)C)cc1. The van der Waals surface area contributed by atoms with Crippen molar-refractivity contribution in [3.05, 3.63) is 138 Å². The topological polar surface area (TPSA) is 82.5 Å². The van der Waals surface area contributed by atoms with Crippen LogP contribution in [0.15, 0.2) is 121 Å². The van der Waals surface area contributed by atoms with E-state index in [2.05, 4.69) is 41.1 Å². The first-order valence-electron chi connectivity index (χ1n) is 16.7. The smallest absolute Gasteiger partial charge is 0.428 e. The Balaban J connectivity index is 1.22. The molecule has 7 nitrogen and oxygen atoms in total. The van der Waals surface area contributed by atoms with E-state index in [0.717, 1.165) is 63.9 Å². The molecule has 0 aliphatic rings. The van der Waals surface area contributed by atoms with Gasteiger partial charge in [0.15, 0.2) is 0 Å². The summed E-state index contributed by atoms with van der Waals surface area (Å²) < 4.78 is 13.2. The van der Waals surface area contributed by atoms with Crippen LogP contribution < -0.4 is 10.1 Å². The second-order valence-electron chi connectivity index (χ2n) is 13.1. The van der Waals surface area contributed by atoms with E-state index in [1.54, 1.807) is 26.8 Å². The van der Waals surface area contributed by atoms with Gasteiger partial charge in [0.25, 0.3) is 5.91 Å². The summed E-state index contributed by atoms with van der Waals surface area (Å²) in [5.74, 6) is 1.29. The molecule has 0 spiro atoms. The predicted molar refractivity (Wildman–Crippen MR) is 196 cm³/mol. The molecule has 1 amide bonds. The van der Waals surface area contributed by atoms with E-state index >= 15 is 0 Å². The van der Waals surface area contributed by atoms with E-state index in [0.29, 0.717) is 23.5 Å². The fraction of sp³-hybridized carbons (Fsp3) is 0.214. The van der Waals surface area contributed by atoms with Crippen molar-refractivity contribution in [1.29, 1.82) is 0 Å². The number of aryl methyl sites for hydroxylation is 1. The molecule has 0 bridgehead atoms. The number of nitrogens with one attached hydrogen (secondary N) is 1. The van der Waals surface area contributed by atoms with Crippen molar-refractivity contribution >= 4 is 28.8 Å². The van der Waals surface area contributed by atoms with Gasteiger partial charge in [-0.25, -0.2) is 9.78 Å². The second-order valence-corrected chi connectivity index (χ2v) is 13.1. The molecule has 5 aromatic carbocycles. The van der Waals surface area contributed by atoms with Gasteiger partial charge < -0.3 is 19.4 Å². The average molecular weight is 652 g/mol. The van der Waals surface area contributed by atoms with E-state index in [-0.39, 0.29) is 5.91 Å². The third-order valence-electron chi connectivity index (χ3n) is 8.17. The highest BCUT2D eigenvalue weighted by Crippen LogP contribution is 2.31. The number of anilines is 1. The van der Waals surface area contributed by atoms with Crippen LogP contribution in [0.4, 0.5) is 10.5 Å². The number of carbonyl (C=O) groups is 2. The molecule has 6 aromatic rings. The summed E-state index contributed by atoms with van der Waals surface area (Å²) in [6.45, 7) is 8.21. The lowest BCUT2D eigenvalue weighted by molar-refractivity contribution is 0.0207. The zero-order chi connectivity index (χ0) is 34.4. The molecule has 0 aliphatic carbocycles. The largest absolute Gasteiger partial charge is 0.514 e. The van der Waals surface area contributed by atoms with E-state index in [9.17, 15) is 9.59 Å². The number of carbonyl (C=O) groups excluding carboxylic acids is 2. The number of nitrogens with zero attached hydrogens (tertiary/aromatic N) is 2. The average Bonchev–Trinajstić information content (AvgIpc) is 3.43. The van der Waals surface area contributed by atoms with Crippen LogP contribution in [0.3, 0.4) is 0 Å². The minimum absolute atomic E-state index is 0.164. The maximum Gasteiger partial charge on any atom is 0.514 e. The highest BCUT2D eigenvalue weighted by molar-refractivity contribution is 6.05. The molecule has 248 valence electrons. The van der Waals surface area contributed by atoms with Gasteiger partial charge in [-0.3, -0.25) is 4.79 Å². The van der Waals surface area contributed by atoms with Gasteiger partial charge in [0.1, 0.15) is 17.2 Å². The minimum atomic E-state index is -0.736. The van der Waals surface area contributed by atoms with E-state index in [4.69, 9.17) is 14.5 Å². The number of imidazole rings is 1. The second kappa shape index (κ2) is 14.6. The molecule has 0 fully saturated rings. The highest BCUT2D eigenvalue weighted by Gasteiger charge is 2.20. The van der Waals surface area contributed by atoms with Crippen molar-refractivity contribution in [1.82, 2.24) is 9.55 Å². The van der Waals surface area contributed by atoms with Gasteiger partial charge in [-0.2, -0.15) is 0 Å². The summed E-state index contributed by atoms with van der Waals surface area (Å²) in [4.78, 5) is 30.6. The van der Waals surface area contributed by atoms with Gasteiger partial charge in [0.05, 0.1) is 11.0 Å². The molecule has 1 aromatic heterocycles. The van der Waals surface area contributed by atoms with Gasteiger partial charge in [0, 0.05) is 29.8 Å². The van der Waals surface area contributed by atoms with Crippen LogP contribution in [-0.4, -0.2) is 27.2 Å². The van der Waals surface area contributed by atoms with Gasteiger partial charge >= 0.3 is 6.16 Å². The van der Waals surface area contributed by atoms with E-state index < -0.39 is 11.8 Å². The monoisotopic (exact) mass is 651 g/mol. The van der Waals surface area contributed by atoms with Crippen molar-refractivity contribution < 1.29 is 19.1 Å². The van der Waals surface area contributed by atoms with Crippen LogP contribution in [0.1, 0.15) is 62.3 Å². The zero-order valence-corrected chi connectivity index (χ0v) is 28.4. The Labute approximate surface area is 287 Å². The number of hydrogen-bond donors (Lipinski definition) is 1. The van der Waals surface area contributed by atoms with Crippen LogP contribution in [0.5, 0.6) is 5.75 Å². The summed E-state index contributed by atoms with van der Waals surface area (Å²) in [5.41, 5.74) is 7.50. The van der Waals surface area contributed by atoms with Crippen LogP contribution in [0.2, 0.25) is 0 Å². The predicted octanol–water partition coefficient (Wildman–Crippen LogP) is 10.3. The van der Waals surface area contributed by atoms with E-state index in [1.165, 1.54) is 0 Å². The first kappa shape index (κ1) is 33.2. The number of amides is 1. The molecule has 0 saturated carbocycles. The fourth-order valence-electron chi connectivity index (χ4n) is 5.73. The third kappa shape index (κ3) is 8.25. The molecule has 0 aliphatic heterocycles. The number of aromatic nitrogens is 2. The summed E-state index contributed by atoms with van der Waals surface area (Å²) >= 11 is 0. The van der Waals surface area contributed by atoms with Crippen LogP contribution >= 0.6 is 0 Å². The lowest BCUT2D eigenvalue weighted by atomic mass is 10.0. The number of ether oxygens (including phenoxy) is 2. The summed E-state index contributed by atoms with van der Waals surface area (Å²) in [5, 5.41) is 3.08. The number of fused-ring (bicyclic) bond motifs is 1. The molecule has 49 heavy (non-hydrogen) atoms. The minimum Gasteiger partial charge on any atom is -0.428 e. The van der Waals surface area contributed by atoms with Crippen LogP contribution in [0, 0.1) is 0 Å². The maximum absolute atomic E-state index is 13.2. The first-order chi connectivity index (χ1) is 23.7. The number of para-hydroxylation sites is 1. The highest BCUT2D eigenvalue weighted by atomic mass is 16.7. The van der Waals surface area contributed by atoms with Gasteiger partial charge in [-0.1, -0.05) is 98.3 Å².